The highest BCUT2D eigenvalue weighted by molar-refractivity contribution is 6.01. The Balaban J connectivity index is 1.79. The lowest BCUT2D eigenvalue weighted by atomic mass is 9.46. The summed E-state index contributed by atoms with van der Waals surface area (Å²) in [6.07, 6.45) is 7.79. The molecule has 0 aliphatic heterocycles. The van der Waals surface area contributed by atoms with E-state index in [1.54, 1.807) is 12.2 Å². The zero-order chi connectivity index (χ0) is 19.1. The average Bonchev–Trinajstić information content (AvgIpc) is 2.76. The van der Waals surface area contributed by atoms with Gasteiger partial charge in [0.1, 0.15) is 5.60 Å². The lowest BCUT2D eigenvalue weighted by molar-refractivity contribution is -0.180. The second-order valence-corrected chi connectivity index (χ2v) is 9.67. The van der Waals surface area contributed by atoms with E-state index >= 15 is 0 Å². The summed E-state index contributed by atoms with van der Waals surface area (Å²) in [4.78, 5) is 24.3. The summed E-state index contributed by atoms with van der Waals surface area (Å²) < 4.78 is 0. The largest absolute Gasteiger partial charge is 0.393 e. The number of rotatable bonds is 1. The van der Waals surface area contributed by atoms with Crippen molar-refractivity contribution in [1.82, 2.24) is 0 Å². The quantitative estimate of drug-likeness (QED) is 0.756. The minimum Gasteiger partial charge on any atom is -0.393 e. The summed E-state index contributed by atoms with van der Waals surface area (Å²) in [7, 11) is 0. The monoisotopic (exact) mass is 358 g/mol. The minimum absolute atomic E-state index is 0.0337. The number of fused-ring (bicyclic) bond motifs is 5. The summed E-state index contributed by atoms with van der Waals surface area (Å²) in [5.41, 5.74) is -1.14. The third-order valence-corrected chi connectivity index (χ3v) is 8.61. The smallest absolute Gasteiger partial charge is 0.178 e. The summed E-state index contributed by atoms with van der Waals surface area (Å²) >= 11 is 0. The maximum absolute atomic E-state index is 12.4. The number of hydrogen-bond donors (Lipinski definition) is 2. The van der Waals surface area contributed by atoms with Crippen molar-refractivity contribution in [2.75, 3.05) is 0 Å². The zero-order valence-corrected chi connectivity index (χ0v) is 16.2. The molecule has 3 fully saturated rings. The number of carbonyl (C=O) groups is 2. The van der Waals surface area contributed by atoms with Crippen LogP contribution in [0.3, 0.4) is 0 Å². The Bertz CT molecular complexity index is 736. The number of ketones is 2. The standard InChI is InChI=1S/C22H30O4/c1-12-9-17-16-6-5-14-10-15(24)7-8-20(14,3)19(16)18(25)11-21(17,4)22(12,26)13(2)23/h7-8,10,12,16-19,25-26H,5-6,9,11H2,1-4H3/t12-,16+,17+,18+,19-,20+,21+,22+/m1/s1. The first-order valence-electron chi connectivity index (χ1n) is 9.91. The van der Waals surface area contributed by atoms with Gasteiger partial charge in [-0.2, -0.15) is 0 Å². The average molecular weight is 358 g/mol. The molecule has 0 aromatic heterocycles. The van der Waals surface area contributed by atoms with E-state index in [1.165, 1.54) is 6.92 Å². The topological polar surface area (TPSA) is 74.6 Å². The summed E-state index contributed by atoms with van der Waals surface area (Å²) in [5, 5.41) is 22.6. The predicted octanol–water partition coefficient (Wildman–Crippen LogP) is 2.83. The van der Waals surface area contributed by atoms with Crippen LogP contribution in [-0.2, 0) is 9.59 Å². The van der Waals surface area contributed by atoms with Crippen molar-refractivity contribution in [1.29, 1.82) is 0 Å². The Morgan fingerprint density at radius 3 is 2.65 bits per heavy atom. The molecular weight excluding hydrogens is 328 g/mol. The van der Waals surface area contributed by atoms with Gasteiger partial charge in [0.2, 0.25) is 0 Å². The van der Waals surface area contributed by atoms with E-state index in [9.17, 15) is 19.8 Å². The number of carbonyl (C=O) groups excluding carboxylic acids is 2. The molecule has 0 saturated heterocycles. The Morgan fingerprint density at radius 2 is 2.00 bits per heavy atom. The molecule has 3 saturated carbocycles. The second-order valence-electron chi connectivity index (χ2n) is 9.67. The fourth-order valence-corrected chi connectivity index (χ4v) is 7.41. The summed E-state index contributed by atoms with van der Waals surface area (Å²) in [6.45, 7) is 7.61. The van der Waals surface area contributed by atoms with Gasteiger partial charge < -0.3 is 10.2 Å². The fraction of sp³-hybridized carbons (Fsp3) is 0.727. The summed E-state index contributed by atoms with van der Waals surface area (Å²) in [5.74, 6) is 0.252. The molecule has 142 valence electrons. The van der Waals surface area contributed by atoms with Gasteiger partial charge in [-0.3, -0.25) is 9.59 Å². The van der Waals surface area contributed by atoms with Crippen LogP contribution in [-0.4, -0.2) is 33.5 Å². The molecule has 0 spiro atoms. The fourth-order valence-electron chi connectivity index (χ4n) is 7.41. The number of aliphatic hydroxyl groups excluding tert-OH is 1. The van der Waals surface area contributed by atoms with Crippen molar-refractivity contribution in [3.05, 3.63) is 23.8 Å². The maximum atomic E-state index is 12.4. The molecule has 2 N–H and O–H groups in total. The van der Waals surface area contributed by atoms with Crippen LogP contribution in [0.15, 0.2) is 23.8 Å². The van der Waals surface area contributed by atoms with E-state index in [-0.39, 0.29) is 40.7 Å². The van der Waals surface area contributed by atoms with Crippen LogP contribution < -0.4 is 0 Å². The van der Waals surface area contributed by atoms with Crippen molar-refractivity contribution >= 4 is 11.6 Å². The van der Waals surface area contributed by atoms with E-state index in [0.29, 0.717) is 6.42 Å². The SMILES string of the molecule is CC(=O)[C@@]1(O)[C@H](C)C[C@H]2[C@@H]3CCC4=CC(=O)C=C[C@]4(C)[C@H]3[C@@H](O)C[C@@]21C. The number of aliphatic hydroxyl groups is 2. The molecule has 0 unspecified atom stereocenters. The van der Waals surface area contributed by atoms with Crippen LogP contribution in [0.5, 0.6) is 0 Å². The normalized spacial score (nSPS) is 52.8. The van der Waals surface area contributed by atoms with Crippen LogP contribution >= 0.6 is 0 Å². The van der Waals surface area contributed by atoms with Crippen LogP contribution in [0.25, 0.3) is 0 Å². The molecule has 26 heavy (non-hydrogen) atoms. The number of Topliss-reactive ketones (excluding diaryl/α,β-unsaturated/α-hetero) is 1. The van der Waals surface area contributed by atoms with E-state index in [4.69, 9.17) is 0 Å². The van der Waals surface area contributed by atoms with Crippen LogP contribution in [0.4, 0.5) is 0 Å². The highest BCUT2D eigenvalue weighted by atomic mass is 16.3. The van der Waals surface area contributed by atoms with E-state index in [0.717, 1.165) is 24.8 Å². The van der Waals surface area contributed by atoms with Gasteiger partial charge in [-0.15, -0.1) is 0 Å². The van der Waals surface area contributed by atoms with E-state index < -0.39 is 17.1 Å². The molecule has 4 aliphatic carbocycles. The molecule has 0 aromatic carbocycles. The van der Waals surface area contributed by atoms with Crippen molar-refractivity contribution < 1.29 is 19.8 Å². The van der Waals surface area contributed by atoms with Crippen molar-refractivity contribution in [3.8, 4) is 0 Å². The predicted molar refractivity (Wildman–Crippen MR) is 98.2 cm³/mol. The molecule has 0 aromatic rings. The lowest BCUT2D eigenvalue weighted by Gasteiger charge is -2.59. The minimum atomic E-state index is -1.36. The number of allylic oxidation sites excluding steroid dienone is 4. The van der Waals surface area contributed by atoms with Gasteiger partial charge in [0.15, 0.2) is 11.6 Å². The molecule has 0 bridgehead atoms. The van der Waals surface area contributed by atoms with E-state index in [2.05, 4.69) is 6.92 Å². The second kappa shape index (κ2) is 5.39. The number of hydrogen-bond acceptors (Lipinski definition) is 4. The third-order valence-electron chi connectivity index (χ3n) is 8.61. The molecule has 4 nitrogen and oxygen atoms in total. The molecular formula is C22H30O4. The van der Waals surface area contributed by atoms with Gasteiger partial charge in [0.25, 0.3) is 0 Å². The van der Waals surface area contributed by atoms with Crippen molar-refractivity contribution in [2.24, 2.45) is 34.5 Å². The lowest BCUT2D eigenvalue weighted by Crippen LogP contribution is -2.61. The van der Waals surface area contributed by atoms with Gasteiger partial charge in [-0.25, -0.2) is 0 Å². The molecule has 4 heteroatoms. The highest BCUT2D eigenvalue weighted by Gasteiger charge is 2.69. The first kappa shape index (κ1) is 18.1. The first-order chi connectivity index (χ1) is 12.1. The van der Waals surface area contributed by atoms with E-state index in [1.807, 2.05) is 19.9 Å². The van der Waals surface area contributed by atoms with Crippen molar-refractivity contribution in [3.63, 3.8) is 0 Å². The van der Waals surface area contributed by atoms with Crippen LogP contribution in [0, 0.1) is 34.5 Å². The van der Waals surface area contributed by atoms with Crippen molar-refractivity contribution in [2.45, 2.75) is 65.1 Å². The zero-order valence-electron chi connectivity index (χ0n) is 16.2. The van der Waals surface area contributed by atoms with Crippen LogP contribution in [0.2, 0.25) is 0 Å². The molecule has 8 atom stereocenters. The maximum Gasteiger partial charge on any atom is 0.178 e. The molecule has 0 amide bonds. The van der Waals surface area contributed by atoms with Gasteiger partial charge in [0, 0.05) is 16.7 Å². The third kappa shape index (κ3) is 1.98. The molecule has 4 rings (SSSR count). The Morgan fingerprint density at radius 1 is 1.31 bits per heavy atom. The van der Waals surface area contributed by atoms with Gasteiger partial charge in [-0.05, 0) is 62.5 Å². The Kier molecular flexibility index (Phi) is 3.75. The van der Waals surface area contributed by atoms with Gasteiger partial charge in [0.05, 0.1) is 6.10 Å². The van der Waals surface area contributed by atoms with Gasteiger partial charge in [-0.1, -0.05) is 32.4 Å². The Labute approximate surface area is 155 Å². The molecule has 0 heterocycles. The first-order valence-corrected chi connectivity index (χ1v) is 9.91. The van der Waals surface area contributed by atoms with Gasteiger partial charge >= 0.3 is 0 Å². The molecule has 0 radical (unpaired) electrons. The Hall–Kier alpha value is -1.26. The highest BCUT2D eigenvalue weighted by Crippen LogP contribution is 2.68. The molecule has 4 aliphatic rings. The summed E-state index contributed by atoms with van der Waals surface area (Å²) in [6, 6.07) is 0. The van der Waals surface area contributed by atoms with Crippen LogP contribution in [0.1, 0.15) is 53.4 Å².